The lowest BCUT2D eigenvalue weighted by atomic mass is 10.1. The highest BCUT2D eigenvalue weighted by Gasteiger charge is 2.25. The molecule has 134 valence electrons. The van der Waals surface area contributed by atoms with Crippen LogP contribution in [0.4, 0.5) is 0 Å². The molecule has 0 bridgehead atoms. The average Bonchev–Trinajstić information content (AvgIpc) is 3.20. The van der Waals surface area contributed by atoms with Gasteiger partial charge in [0, 0.05) is 6.61 Å². The number of amides is 1. The third-order valence-electron chi connectivity index (χ3n) is 4.26. The molecule has 1 N–H and O–H groups in total. The van der Waals surface area contributed by atoms with Crippen molar-refractivity contribution in [2.75, 3.05) is 6.61 Å². The number of nitrogens with one attached hydrogen (secondary N) is 1. The van der Waals surface area contributed by atoms with Gasteiger partial charge in [-0.1, -0.05) is 6.07 Å². The molecule has 1 saturated heterocycles. The van der Waals surface area contributed by atoms with E-state index in [1.807, 2.05) is 13.8 Å². The van der Waals surface area contributed by atoms with E-state index in [-0.39, 0.29) is 15.9 Å². The SMILES string of the molecule is Cc1cc(C)c(S(=O)(=O)NC(=O)c2cnc([C@@H]3CCCO3)s2)cc1C. The number of aromatic nitrogens is 1. The number of hydrogen-bond donors (Lipinski definition) is 1. The highest BCUT2D eigenvalue weighted by molar-refractivity contribution is 7.90. The zero-order valence-electron chi connectivity index (χ0n) is 14.3. The summed E-state index contributed by atoms with van der Waals surface area (Å²) in [5.41, 5.74) is 2.47. The van der Waals surface area contributed by atoms with Crippen LogP contribution >= 0.6 is 11.3 Å². The summed E-state index contributed by atoms with van der Waals surface area (Å²) in [6, 6.07) is 3.39. The van der Waals surface area contributed by atoms with Gasteiger partial charge in [-0.3, -0.25) is 4.79 Å². The first kappa shape index (κ1) is 18.0. The minimum atomic E-state index is -3.94. The fourth-order valence-electron chi connectivity index (χ4n) is 2.76. The summed E-state index contributed by atoms with van der Waals surface area (Å²) in [4.78, 5) is 16.9. The fourth-order valence-corrected chi connectivity index (χ4v) is 5.01. The number of hydrogen-bond acceptors (Lipinski definition) is 6. The van der Waals surface area contributed by atoms with Crippen LogP contribution in [0, 0.1) is 20.8 Å². The number of aryl methyl sites for hydroxylation is 3. The Kier molecular flexibility index (Phi) is 4.95. The number of nitrogens with zero attached hydrogens (tertiary/aromatic N) is 1. The number of rotatable bonds is 4. The van der Waals surface area contributed by atoms with Gasteiger partial charge >= 0.3 is 0 Å². The van der Waals surface area contributed by atoms with Crippen molar-refractivity contribution in [1.29, 1.82) is 0 Å². The first-order valence-corrected chi connectivity index (χ1v) is 10.3. The Morgan fingerprint density at radius 2 is 1.96 bits per heavy atom. The summed E-state index contributed by atoms with van der Waals surface area (Å²) in [7, 11) is -3.94. The van der Waals surface area contributed by atoms with Crippen LogP contribution in [0.3, 0.4) is 0 Å². The van der Waals surface area contributed by atoms with Gasteiger partial charge in [-0.15, -0.1) is 11.3 Å². The molecule has 0 spiro atoms. The molecule has 8 heteroatoms. The first-order valence-electron chi connectivity index (χ1n) is 8.00. The van der Waals surface area contributed by atoms with Crippen molar-refractivity contribution >= 4 is 27.3 Å². The lowest BCUT2D eigenvalue weighted by Gasteiger charge is -2.11. The molecule has 0 radical (unpaired) electrons. The smallest absolute Gasteiger partial charge is 0.276 e. The standard InChI is InChI=1S/C17H20N2O4S2/c1-10-7-12(3)15(8-11(10)2)25(21,22)19-16(20)14-9-18-17(24-14)13-5-4-6-23-13/h7-9,13H,4-6H2,1-3H3,(H,19,20)/t13-/m0/s1. The van der Waals surface area contributed by atoms with Crippen LogP contribution in [0.15, 0.2) is 23.2 Å². The maximum Gasteiger partial charge on any atom is 0.276 e. The molecule has 0 unspecified atom stereocenters. The van der Waals surface area contributed by atoms with Crippen molar-refractivity contribution in [2.24, 2.45) is 0 Å². The van der Waals surface area contributed by atoms with E-state index in [0.29, 0.717) is 17.2 Å². The van der Waals surface area contributed by atoms with Gasteiger partial charge in [0.2, 0.25) is 0 Å². The second-order valence-corrected chi connectivity index (χ2v) is 8.91. The number of sulfonamides is 1. The average molecular weight is 380 g/mol. The largest absolute Gasteiger partial charge is 0.371 e. The lowest BCUT2D eigenvalue weighted by Crippen LogP contribution is -2.30. The number of carbonyl (C=O) groups excluding carboxylic acids is 1. The van der Waals surface area contributed by atoms with Crippen LogP contribution in [0.25, 0.3) is 0 Å². The van der Waals surface area contributed by atoms with Crippen molar-refractivity contribution in [3.05, 3.63) is 44.9 Å². The van der Waals surface area contributed by atoms with Crippen molar-refractivity contribution in [1.82, 2.24) is 9.71 Å². The first-order chi connectivity index (χ1) is 11.8. The second kappa shape index (κ2) is 6.86. The van der Waals surface area contributed by atoms with E-state index in [0.717, 1.165) is 24.0 Å². The zero-order chi connectivity index (χ0) is 18.2. The minimum Gasteiger partial charge on any atom is -0.371 e. The van der Waals surface area contributed by atoms with E-state index in [2.05, 4.69) is 9.71 Å². The summed E-state index contributed by atoms with van der Waals surface area (Å²) in [5.74, 6) is -0.667. The number of benzene rings is 1. The highest BCUT2D eigenvalue weighted by Crippen LogP contribution is 2.31. The molecule has 1 aromatic carbocycles. The Morgan fingerprint density at radius 3 is 2.64 bits per heavy atom. The van der Waals surface area contributed by atoms with Crippen molar-refractivity contribution in [2.45, 2.75) is 44.6 Å². The molecule has 1 aliphatic rings. The van der Waals surface area contributed by atoms with E-state index >= 15 is 0 Å². The Bertz CT molecular complexity index is 913. The van der Waals surface area contributed by atoms with Gasteiger partial charge in [-0.05, 0) is 56.4 Å². The summed E-state index contributed by atoms with van der Waals surface area (Å²) in [5, 5.41) is 0.711. The quantitative estimate of drug-likeness (QED) is 0.881. The van der Waals surface area contributed by atoms with Gasteiger partial charge in [0.25, 0.3) is 15.9 Å². The Balaban J connectivity index is 1.81. The van der Waals surface area contributed by atoms with Crippen LogP contribution in [0.5, 0.6) is 0 Å². The number of thiazole rings is 1. The maximum atomic E-state index is 12.6. The third-order valence-corrected chi connectivity index (χ3v) is 6.82. The van der Waals surface area contributed by atoms with Crippen molar-refractivity contribution in [3.8, 4) is 0 Å². The number of ether oxygens (including phenoxy) is 1. The normalized spacial score (nSPS) is 17.6. The van der Waals surface area contributed by atoms with Crippen LogP contribution in [-0.4, -0.2) is 25.9 Å². The molecule has 1 aromatic heterocycles. The molecule has 25 heavy (non-hydrogen) atoms. The molecule has 1 amide bonds. The van der Waals surface area contributed by atoms with E-state index in [4.69, 9.17) is 4.74 Å². The Labute approximate surface area is 151 Å². The molecule has 6 nitrogen and oxygen atoms in total. The molecular formula is C17H20N2O4S2. The lowest BCUT2D eigenvalue weighted by molar-refractivity contribution is 0.0985. The second-order valence-electron chi connectivity index (χ2n) is 6.20. The summed E-state index contributed by atoms with van der Waals surface area (Å²) < 4.78 is 32.9. The summed E-state index contributed by atoms with van der Waals surface area (Å²) in [6.45, 7) is 6.16. The topological polar surface area (TPSA) is 85.4 Å². The predicted molar refractivity (Wildman–Crippen MR) is 95.3 cm³/mol. The molecule has 2 aromatic rings. The van der Waals surface area contributed by atoms with Crippen LogP contribution in [0.1, 0.15) is 50.3 Å². The molecule has 0 aliphatic carbocycles. The van der Waals surface area contributed by atoms with E-state index in [1.54, 1.807) is 19.1 Å². The predicted octanol–water partition coefficient (Wildman–Crippen LogP) is 3.04. The van der Waals surface area contributed by atoms with Gasteiger partial charge in [0.15, 0.2) is 0 Å². The molecular weight excluding hydrogens is 360 g/mol. The molecule has 1 fully saturated rings. The summed E-state index contributed by atoms with van der Waals surface area (Å²) in [6.07, 6.45) is 3.14. The fraction of sp³-hybridized carbons (Fsp3) is 0.412. The van der Waals surface area contributed by atoms with Crippen molar-refractivity contribution in [3.63, 3.8) is 0 Å². The molecule has 0 saturated carbocycles. The summed E-state index contributed by atoms with van der Waals surface area (Å²) >= 11 is 1.17. The van der Waals surface area contributed by atoms with E-state index < -0.39 is 15.9 Å². The van der Waals surface area contributed by atoms with Gasteiger partial charge in [-0.25, -0.2) is 18.1 Å². The number of carbonyl (C=O) groups is 1. The third kappa shape index (κ3) is 3.75. The van der Waals surface area contributed by atoms with Gasteiger partial charge in [0.05, 0.1) is 11.1 Å². The molecule has 1 aliphatic heterocycles. The molecule has 3 rings (SSSR count). The molecule has 2 heterocycles. The van der Waals surface area contributed by atoms with Crippen molar-refractivity contribution < 1.29 is 17.9 Å². The van der Waals surface area contributed by atoms with Gasteiger partial charge < -0.3 is 4.74 Å². The maximum absolute atomic E-state index is 12.6. The monoisotopic (exact) mass is 380 g/mol. The van der Waals surface area contributed by atoms with Crippen LogP contribution in [-0.2, 0) is 14.8 Å². The minimum absolute atomic E-state index is 0.0925. The Morgan fingerprint density at radius 1 is 1.24 bits per heavy atom. The van der Waals surface area contributed by atoms with Crippen LogP contribution in [0.2, 0.25) is 0 Å². The molecule has 1 atom stereocenters. The highest BCUT2D eigenvalue weighted by atomic mass is 32.2. The zero-order valence-corrected chi connectivity index (χ0v) is 16.0. The van der Waals surface area contributed by atoms with Crippen LogP contribution < -0.4 is 4.72 Å². The van der Waals surface area contributed by atoms with E-state index in [9.17, 15) is 13.2 Å². The Hall–Kier alpha value is -1.77. The van der Waals surface area contributed by atoms with E-state index in [1.165, 1.54) is 17.5 Å². The van der Waals surface area contributed by atoms with Gasteiger partial charge in [0.1, 0.15) is 16.0 Å². The van der Waals surface area contributed by atoms with Gasteiger partial charge in [-0.2, -0.15) is 0 Å².